The van der Waals surface area contributed by atoms with Crippen LogP contribution in [0.15, 0.2) is 59.6 Å². The van der Waals surface area contributed by atoms with Crippen LogP contribution in [0.1, 0.15) is 24.0 Å². The van der Waals surface area contributed by atoms with Crippen molar-refractivity contribution >= 4 is 21.6 Å². The van der Waals surface area contributed by atoms with E-state index in [-0.39, 0.29) is 48.0 Å². The Morgan fingerprint density at radius 1 is 1.13 bits per heavy atom. The number of hydrogen-bond acceptors (Lipinski definition) is 6. The molecule has 0 spiro atoms. The van der Waals surface area contributed by atoms with Crippen molar-refractivity contribution in [2.45, 2.75) is 36.6 Å². The summed E-state index contributed by atoms with van der Waals surface area (Å²) in [5, 5.41) is -0.201. The average molecular weight is 569 g/mol. The number of halogens is 4. The van der Waals surface area contributed by atoms with Crippen LogP contribution in [-0.2, 0) is 27.5 Å². The summed E-state index contributed by atoms with van der Waals surface area (Å²) in [5.74, 6) is 0.672. The van der Waals surface area contributed by atoms with E-state index in [2.05, 4.69) is 4.98 Å². The summed E-state index contributed by atoms with van der Waals surface area (Å²) in [6.45, 7) is 0.994. The maximum absolute atomic E-state index is 13.4. The molecule has 2 aromatic carbocycles. The number of fused-ring (bicyclic) bond motifs is 1. The summed E-state index contributed by atoms with van der Waals surface area (Å²) in [6.07, 6.45) is -2.25. The van der Waals surface area contributed by atoms with E-state index in [4.69, 9.17) is 25.8 Å². The first-order valence-corrected chi connectivity index (χ1v) is 13.8. The number of hydrogen-bond donors (Lipinski definition) is 0. The lowest BCUT2D eigenvalue weighted by Gasteiger charge is -2.20. The lowest BCUT2D eigenvalue weighted by atomic mass is 10.0. The molecule has 0 amide bonds. The molecular formula is C26H24ClF3N2O5S. The van der Waals surface area contributed by atoms with E-state index in [1.165, 1.54) is 16.4 Å². The predicted molar refractivity (Wildman–Crippen MR) is 134 cm³/mol. The summed E-state index contributed by atoms with van der Waals surface area (Å²) in [6, 6.07) is 12.1. The summed E-state index contributed by atoms with van der Waals surface area (Å²) >= 11 is 6.24. The molecule has 2 aliphatic rings. The monoisotopic (exact) mass is 568 g/mol. The van der Waals surface area contributed by atoms with Gasteiger partial charge in [-0.15, -0.1) is 0 Å². The van der Waals surface area contributed by atoms with Crippen LogP contribution >= 0.6 is 11.6 Å². The van der Waals surface area contributed by atoms with E-state index in [9.17, 15) is 21.6 Å². The highest BCUT2D eigenvalue weighted by atomic mass is 35.5. The van der Waals surface area contributed by atoms with Crippen molar-refractivity contribution in [3.8, 4) is 22.8 Å². The smallest absolute Gasteiger partial charge is 0.417 e. The molecule has 3 aromatic rings. The molecule has 1 fully saturated rings. The number of alkyl halides is 3. The summed E-state index contributed by atoms with van der Waals surface area (Å²) < 4.78 is 85.2. The van der Waals surface area contributed by atoms with Crippen LogP contribution in [0, 0.1) is 0 Å². The van der Waals surface area contributed by atoms with Gasteiger partial charge in [-0.3, -0.25) is 4.98 Å². The van der Waals surface area contributed by atoms with E-state index < -0.39 is 21.8 Å². The van der Waals surface area contributed by atoms with Crippen molar-refractivity contribution in [1.29, 1.82) is 0 Å². The number of sulfonamides is 1. The molecule has 0 aliphatic carbocycles. The predicted octanol–water partition coefficient (Wildman–Crippen LogP) is 5.56. The van der Waals surface area contributed by atoms with E-state index in [1.54, 1.807) is 30.3 Å². The Labute approximate surface area is 223 Å². The van der Waals surface area contributed by atoms with Gasteiger partial charge in [0.15, 0.2) is 11.5 Å². The topological polar surface area (TPSA) is 78.0 Å². The zero-order chi connectivity index (χ0) is 26.9. The van der Waals surface area contributed by atoms with Gasteiger partial charge in [0.2, 0.25) is 10.0 Å². The standard InChI is InChI=1S/C26H24ClF3N2O5S/c27-22-13-19(26(28,29)30)14-31-24(22)17-11-18-15-32(38(33,34)21-6-2-1-3-7-21)8-10-36-25(18)23(12-17)37-16-20-5-4-9-35-20/h1-3,6-7,11-14,20H,4-5,8-10,15-16H2. The molecule has 202 valence electrons. The molecule has 3 heterocycles. The van der Waals surface area contributed by atoms with Gasteiger partial charge in [-0.05, 0) is 43.2 Å². The van der Waals surface area contributed by atoms with Crippen molar-refractivity contribution in [3.63, 3.8) is 0 Å². The summed E-state index contributed by atoms with van der Waals surface area (Å²) in [4.78, 5) is 4.12. The minimum atomic E-state index is -4.60. The van der Waals surface area contributed by atoms with E-state index in [0.717, 1.165) is 18.9 Å². The summed E-state index contributed by atoms with van der Waals surface area (Å²) in [7, 11) is -3.85. The third kappa shape index (κ3) is 5.61. The molecular weight excluding hydrogens is 545 g/mol. The van der Waals surface area contributed by atoms with Gasteiger partial charge in [0.1, 0.15) is 13.2 Å². The van der Waals surface area contributed by atoms with Crippen LogP contribution in [-0.4, -0.2) is 50.2 Å². The van der Waals surface area contributed by atoms with E-state index in [0.29, 0.717) is 35.4 Å². The summed E-state index contributed by atoms with van der Waals surface area (Å²) in [5.41, 5.74) is -0.0301. The molecule has 0 bridgehead atoms. The highest BCUT2D eigenvalue weighted by Gasteiger charge is 2.33. The van der Waals surface area contributed by atoms with Crippen LogP contribution in [0.2, 0.25) is 5.02 Å². The number of rotatable bonds is 6. The molecule has 0 saturated carbocycles. The van der Waals surface area contributed by atoms with Crippen molar-refractivity contribution < 1.29 is 35.8 Å². The van der Waals surface area contributed by atoms with Crippen LogP contribution in [0.25, 0.3) is 11.3 Å². The molecule has 0 N–H and O–H groups in total. The molecule has 1 aromatic heterocycles. The first-order chi connectivity index (χ1) is 18.1. The van der Waals surface area contributed by atoms with Gasteiger partial charge < -0.3 is 14.2 Å². The minimum absolute atomic E-state index is 0.0467. The minimum Gasteiger partial charge on any atom is -0.488 e. The third-order valence-electron chi connectivity index (χ3n) is 6.34. The second-order valence-electron chi connectivity index (χ2n) is 8.96. The van der Waals surface area contributed by atoms with Gasteiger partial charge in [-0.2, -0.15) is 17.5 Å². The molecule has 0 radical (unpaired) electrons. The second kappa shape index (κ2) is 10.7. The Balaban J connectivity index is 1.55. The van der Waals surface area contributed by atoms with Gasteiger partial charge >= 0.3 is 6.18 Å². The van der Waals surface area contributed by atoms with E-state index in [1.807, 2.05) is 0 Å². The first-order valence-electron chi connectivity index (χ1n) is 12.0. The second-order valence-corrected chi connectivity index (χ2v) is 11.3. The molecule has 38 heavy (non-hydrogen) atoms. The fourth-order valence-electron chi connectivity index (χ4n) is 4.41. The lowest BCUT2D eigenvalue weighted by Crippen LogP contribution is -2.32. The van der Waals surface area contributed by atoms with Crippen LogP contribution < -0.4 is 9.47 Å². The fraction of sp³-hybridized carbons (Fsp3) is 0.346. The first kappa shape index (κ1) is 26.7. The van der Waals surface area contributed by atoms with Crippen LogP contribution in [0.4, 0.5) is 13.2 Å². The highest BCUT2D eigenvalue weighted by Crippen LogP contribution is 2.41. The van der Waals surface area contributed by atoms with Gasteiger partial charge in [0.05, 0.1) is 27.3 Å². The highest BCUT2D eigenvalue weighted by molar-refractivity contribution is 7.89. The quantitative estimate of drug-likeness (QED) is 0.387. The third-order valence-corrected chi connectivity index (χ3v) is 8.48. The van der Waals surface area contributed by atoms with Crippen molar-refractivity contribution in [3.05, 3.63) is 70.9 Å². The fourth-order valence-corrected chi connectivity index (χ4v) is 6.11. The largest absolute Gasteiger partial charge is 0.488 e. The maximum Gasteiger partial charge on any atom is 0.417 e. The maximum atomic E-state index is 13.4. The zero-order valence-corrected chi connectivity index (χ0v) is 21.7. The van der Waals surface area contributed by atoms with Crippen molar-refractivity contribution in [2.75, 3.05) is 26.4 Å². The Kier molecular flexibility index (Phi) is 7.54. The number of pyridine rings is 1. The van der Waals surface area contributed by atoms with Gasteiger partial charge in [-0.1, -0.05) is 29.8 Å². The Hall–Kier alpha value is -2.86. The number of ether oxygens (including phenoxy) is 3. The molecule has 2 aliphatic heterocycles. The number of benzene rings is 2. The van der Waals surface area contributed by atoms with Crippen molar-refractivity contribution in [1.82, 2.24) is 9.29 Å². The Morgan fingerprint density at radius 3 is 2.61 bits per heavy atom. The molecule has 7 nitrogen and oxygen atoms in total. The van der Waals surface area contributed by atoms with Crippen LogP contribution in [0.5, 0.6) is 11.5 Å². The Bertz CT molecular complexity index is 1410. The zero-order valence-electron chi connectivity index (χ0n) is 20.1. The number of aromatic nitrogens is 1. The molecule has 5 rings (SSSR count). The average Bonchev–Trinajstić information content (AvgIpc) is 3.31. The SMILES string of the molecule is O=S(=O)(c1ccccc1)N1CCOc2c(cc(-c3ncc(C(F)(F)F)cc3Cl)cc2OCC2CCCO2)C1. The van der Waals surface area contributed by atoms with Crippen LogP contribution in [0.3, 0.4) is 0 Å². The lowest BCUT2D eigenvalue weighted by molar-refractivity contribution is -0.137. The van der Waals surface area contributed by atoms with Gasteiger partial charge in [0.25, 0.3) is 0 Å². The van der Waals surface area contributed by atoms with Crippen molar-refractivity contribution in [2.24, 2.45) is 0 Å². The molecule has 1 unspecified atom stereocenters. The Morgan fingerprint density at radius 2 is 1.92 bits per heavy atom. The molecule has 1 saturated heterocycles. The molecule has 12 heteroatoms. The van der Waals surface area contributed by atoms with Gasteiger partial charge in [0, 0.05) is 37.0 Å². The van der Waals surface area contributed by atoms with Gasteiger partial charge in [-0.25, -0.2) is 8.42 Å². The van der Waals surface area contributed by atoms with E-state index >= 15 is 0 Å². The normalized spacial score (nSPS) is 18.5. The molecule has 1 atom stereocenters. The number of nitrogens with zero attached hydrogens (tertiary/aromatic N) is 2.